The van der Waals surface area contributed by atoms with Crippen molar-refractivity contribution in [2.45, 2.75) is 58.2 Å². The Balaban J connectivity index is 3.27. The molecule has 1 aromatic carbocycles. The van der Waals surface area contributed by atoms with E-state index in [1.807, 2.05) is 0 Å². The first-order valence-electron chi connectivity index (χ1n) is 6.16. The fourth-order valence-corrected chi connectivity index (χ4v) is 10.4. The molecule has 0 spiro atoms. The molecular formula is C14H25Si-. The maximum absolute atomic E-state index is 2.42. The van der Waals surface area contributed by atoms with E-state index in [0.717, 1.165) is 16.6 Å². The highest BCUT2D eigenvalue weighted by molar-refractivity contribution is 6.95. The minimum atomic E-state index is -1.35. The first-order chi connectivity index (χ1) is 6.94. The molecule has 15 heavy (non-hydrogen) atoms. The van der Waals surface area contributed by atoms with Crippen molar-refractivity contribution >= 4 is 13.3 Å². The van der Waals surface area contributed by atoms with Crippen molar-refractivity contribution in [3.63, 3.8) is 0 Å². The normalized spacial score (nSPS) is 13.1. The monoisotopic (exact) mass is 221 g/mol. The minimum absolute atomic E-state index is 0.819. The van der Waals surface area contributed by atoms with Gasteiger partial charge in [0.25, 0.3) is 0 Å². The molecule has 1 heteroatoms. The van der Waals surface area contributed by atoms with Crippen LogP contribution in [0.5, 0.6) is 0 Å². The van der Waals surface area contributed by atoms with E-state index < -0.39 is 8.07 Å². The van der Waals surface area contributed by atoms with Crippen molar-refractivity contribution in [2.24, 2.45) is 0 Å². The summed E-state index contributed by atoms with van der Waals surface area (Å²) in [4.78, 5) is 0. The number of rotatable bonds is 4. The van der Waals surface area contributed by atoms with Crippen LogP contribution in [0.4, 0.5) is 0 Å². The van der Waals surface area contributed by atoms with Gasteiger partial charge in [0, 0.05) is 8.07 Å². The van der Waals surface area contributed by atoms with E-state index in [4.69, 9.17) is 0 Å². The quantitative estimate of drug-likeness (QED) is 0.525. The molecule has 0 saturated carbocycles. The van der Waals surface area contributed by atoms with Gasteiger partial charge in [0.2, 0.25) is 0 Å². The number of hydrogen-bond donors (Lipinski definition) is 0. The summed E-state index contributed by atoms with van der Waals surface area (Å²) in [5, 5.41) is 1.66. The number of hydrogen-bond acceptors (Lipinski definition) is 0. The Morgan fingerprint density at radius 3 is 1.67 bits per heavy atom. The van der Waals surface area contributed by atoms with Crippen molar-refractivity contribution in [3.05, 3.63) is 24.3 Å². The van der Waals surface area contributed by atoms with Gasteiger partial charge in [0.05, 0.1) is 0 Å². The van der Waals surface area contributed by atoms with Crippen molar-refractivity contribution in [2.75, 3.05) is 0 Å². The predicted octanol–water partition coefficient (Wildman–Crippen LogP) is 4.29. The van der Waals surface area contributed by atoms with E-state index in [-0.39, 0.29) is 0 Å². The molecule has 0 atom stereocenters. The minimum Gasteiger partial charge on any atom is -0.212 e. The molecule has 0 radical (unpaired) electrons. The maximum Gasteiger partial charge on any atom is 0.0217 e. The summed E-state index contributed by atoms with van der Waals surface area (Å²) in [5.74, 6) is 0. The average Bonchev–Trinajstić information content (AvgIpc) is 2.55. The fourth-order valence-electron chi connectivity index (χ4n) is 3.66. The molecule has 0 fully saturated rings. The van der Waals surface area contributed by atoms with E-state index in [1.165, 1.54) is 0 Å². The molecule has 0 amide bonds. The zero-order valence-corrected chi connectivity index (χ0v) is 12.0. The van der Waals surface area contributed by atoms with Gasteiger partial charge in [0.15, 0.2) is 0 Å². The van der Waals surface area contributed by atoms with E-state index in [0.29, 0.717) is 0 Å². The second kappa shape index (κ2) is 4.61. The summed E-state index contributed by atoms with van der Waals surface area (Å²) < 4.78 is 0. The molecular weight excluding hydrogens is 196 g/mol. The van der Waals surface area contributed by atoms with Crippen LogP contribution in [0.3, 0.4) is 0 Å². The maximum atomic E-state index is 2.42. The van der Waals surface area contributed by atoms with Crippen LogP contribution >= 0.6 is 0 Å². The molecule has 1 rings (SSSR count). The highest BCUT2D eigenvalue weighted by Crippen LogP contribution is 2.40. The third kappa shape index (κ3) is 1.94. The average molecular weight is 221 g/mol. The van der Waals surface area contributed by atoms with Crippen LogP contribution in [-0.2, 0) is 0 Å². The van der Waals surface area contributed by atoms with Gasteiger partial charge in [-0.15, -0.1) is 0 Å². The van der Waals surface area contributed by atoms with E-state index in [2.05, 4.69) is 65.8 Å². The standard InChI is InChI=1S/C14H25Si/c1-11(2)15(12(3)4,13(5)6)14-9-7-8-10-14/h7-13H,1-6H3/q-1. The molecule has 0 aromatic heterocycles. The zero-order chi connectivity index (χ0) is 11.6. The van der Waals surface area contributed by atoms with Gasteiger partial charge in [-0.2, -0.15) is 18.2 Å². The molecule has 0 aliphatic heterocycles. The molecule has 0 nitrogen and oxygen atoms in total. The van der Waals surface area contributed by atoms with Crippen LogP contribution in [0.15, 0.2) is 24.3 Å². The molecule has 86 valence electrons. The Morgan fingerprint density at radius 1 is 0.933 bits per heavy atom. The Labute approximate surface area is 96.1 Å². The molecule has 0 unspecified atom stereocenters. The third-order valence-electron chi connectivity index (χ3n) is 4.03. The highest BCUT2D eigenvalue weighted by atomic mass is 28.3. The zero-order valence-electron chi connectivity index (χ0n) is 11.0. The molecule has 0 aliphatic carbocycles. The largest absolute Gasteiger partial charge is 0.212 e. The third-order valence-corrected chi connectivity index (χ3v) is 11.1. The van der Waals surface area contributed by atoms with Gasteiger partial charge in [0.1, 0.15) is 0 Å². The Bertz CT molecular complexity index is 259. The first-order valence-corrected chi connectivity index (χ1v) is 8.39. The van der Waals surface area contributed by atoms with Crippen LogP contribution in [0.2, 0.25) is 16.6 Å². The molecule has 0 bridgehead atoms. The predicted molar refractivity (Wildman–Crippen MR) is 72.7 cm³/mol. The van der Waals surface area contributed by atoms with Crippen LogP contribution in [0.1, 0.15) is 41.5 Å². The second-order valence-corrected chi connectivity index (χ2v) is 11.5. The van der Waals surface area contributed by atoms with Gasteiger partial charge in [-0.1, -0.05) is 58.2 Å². The molecule has 1 aromatic rings. The lowest BCUT2D eigenvalue weighted by molar-refractivity contribution is 0.835. The topological polar surface area (TPSA) is 0 Å². The Kier molecular flexibility index (Phi) is 3.88. The lowest BCUT2D eigenvalue weighted by atomic mass is 10.5. The van der Waals surface area contributed by atoms with Crippen molar-refractivity contribution in [1.82, 2.24) is 0 Å². The van der Waals surface area contributed by atoms with Crippen molar-refractivity contribution in [3.8, 4) is 0 Å². The van der Waals surface area contributed by atoms with Crippen LogP contribution in [-0.4, -0.2) is 8.07 Å². The highest BCUT2D eigenvalue weighted by Gasteiger charge is 2.39. The summed E-state index contributed by atoms with van der Waals surface area (Å²) in [6.07, 6.45) is 0. The van der Waals surface area contributed by atoms with Crippen molar-refractivity contribution < 1.29 is 0 Å². The SMILES string of the molecule is CC(C)[Si](c1cc[cH-]c1)(C(C)C)C(C)C. The lowest BCUT2D eigenvalue weighted by Crippen LogP contribution is -2.55. The summed E-state index contributed by atoms with van der Waals surface area (Å²) in [7, 11) is -1.35. The summed E-state index contributed by atoms with van der Waals surface area (Å²) >= 11 is 0. The Hall–Kier alpha value is -0.433. The van der Waals surface area contributed by atoms with Gasteiger partial charge >= 0.3 is 0 Å². The smallest absolute Gasteiger partial charge is 0.0217 e. The van der Waals surface area contributed by atoms with Gasteiger partial charge < -0.3 is 0 Å². The molecule has 0 N–H and O–H groups in total. The first kappa shape index (κ1) is 12.6. The van der Waals surface area contributed by atoms with E-state index in [1.54, 1.807) is 5.19 Å². The summed E-state index contributed by atoms with van der Waals surface area (Å²) in [5.41, 5.74) is 2.46. The molecule has 0 saturated heterocycles. The second-order valence-electron chi connectivity index (χ2n) is 5.57. The summed E-state index contributed by atoms with van der Waals surface area (Å²) in [6.45, 7) is 14.5. The van der Waals surface area contributed by atoms with Crippen LogP contribution < -0.4 is 5.19 Å². The summed E-state index contributed by atoms with van der Waals surface area (Å²) in [6, 6.07) is 9.10. The van der Waals surface area contributed by atoms with E-state index in [9.17, 15) is 0 Å². The fraction of sp³-hybridized carbons (Fsp3) is 0.643. The molecule has 0 aliphatic rings. The van der Waals surface area contributed by atoms with Gasteiger partial charge in [-0.05, 0) is 0 Å². The van der Waals surface area contributed by atoms with Crippen LogP contribution in [0.25, 0.3) is 0 Å². The Morgan fingerprint density at radius 2 is 1.40 bits per heavy atom. The van der Waals surface area contributed by atoms with Gasteiger partial charge in [-0.25, -0.2) is 11.3 Å². The van der Waals surface area contributed by atoms with E-state index >= 15 is 0 Å². The lowest BCUT2D eigenvalue weighted by Gasteiger charge is -2.48. The van der Waals surface area contributed by atoms with Gasteiger partial charge in [-0.3, -0.25) is 0 Å². The van der Waals surface area contributed by atoms with Crippen LogP contribution in [0, 0.1) is 0 Å². The molecule has 0 heterocycles. The van der Waals surface area contributed by atoms with Crippen molar-refractivity contribution in [1.29, 1.82) is 0 Å².